The lowest BCUT2D eigenvalue weighted by Gasteiger charge is -2.24. The van der Waals surface area contributed by atoms with Crippen LogP contribution in [-0.4, -0.2) is 46.4 Å². The third kappa shape index (κ3) is 7.79. The normalized spacial score (nSPS) is 12.1. The molecule has 0 fully saturated rings. The first-order chi connectivity index (χ1) is 14.7. The molecule has 0 heterocycles. The van der Waals surface area contributed by atoms with Gasteiger partial charge >= 0.3 is 0 Å². The Kier molecular flexibility index (Phi) is 9.18. The highest BCUT2D eigenvalue weighted by atomic mass is 32.2. The second-order valence-corrected chi connectivity index (χ2v) is 9.29. The minimum absolute atomic E-state index is 0.146. The van der Waals surface area contributed by atoms with Crippen LogP contribution in [0.3, 0.4) is 0 Å². The lowest BCUT2D eigenvalue weighted by atomic mass is 10.2. The quantitative estimate of drug-likeness (QED) is 0.537. The van der Waals surface area contributed by atoms with Crippen LogP contribution in [0.15, 0.2) is 48.5 Å². The summed E-state index contributed by atoms with van der Waals surface area (Å²) in [6.45, 7) is 6.65. The number of sulfonamides is 1. The summed E-state index contributed by atoms with van der Waals surface area (Å²) in [5.74, 6) is 1.15. The van der Waals surface area contributed by atoms with Crippen molar-refractivity contribution < 1.29 is 22.7 Å². The van der Waals surface area contributed by atoms with Gasteiger partial charge in [-0.15, -0.1) is 0 Å². The highest BCUT2D eigenvalue weighted by molar-refractivity contribution is 7.92. The summed E-state index contributed by atoms with van der Waals surface area (Å²) < 4.78 is 37.3. The van der Waals surface area contributed by atoms with Crippen molar-refractivity contribution in [3.05, 3.63) is 54.1 Å². The lowest BCUT2D eigenvalue weighted by Crippen LogP contribution is -2.37. The van der Waals surface area contributed by atoms with Gasteiger partial charge < -0.3 is 14.8 Å². The van der Waals surface area contributed by atoms with Gasteiger partial charge in [0.15, 0.2) is 0 Å². The molecule has 0 aliphatic heterocycles. The zero-order valence-electron chi connectivity index (χ0n) is 18.6. The zero-order chi connectivity index (χ0) is 22.9. The summed E-state index contributed by atoms with van der Waals surface area (Å²) >= 11 is 0. The second-order valence-electron chi connectivity index (χ2n) is 7.38. The van der Waals surface area contributed by atoms with Crippen LogP contribution in [0.2, 0.25) is 0 Å². The highest BCUT2D eigenvalue weighted by Crippen LogP contribution is 2.30. The molecule has 0 aliphatic carbocycles. The fourth-order valence-electron chi connectivity index (χ4n) is 3.11. The first-order valence-electron chi connectivity index (χ1n) is 10.4. The number of rotatable bonds is 12. The summed E-state index contributed by atoms with van der Waals surface area (Å²) in [6, 6.07) is 14.5. The van der Waals surface area contributed by atoms with E-state index < -0.39 is 10.0 Å². The molecule has 0 spiro atoms. The van der Waals surface area contributed by atoms with Crippen molar-refractivity contribution in [1.82, 2.24) is 5.32 Å². The van der Waals surface area contributed by atoms with Crippen molar-refractivity contribution >= 4 is 21.6 Å². The summed E-state index contributed by atoms with van der Waals surface area (Å²) in [7, 11) is -3.52. The number of para-hydroxylation sites is 3. The van der Waals surface area contributed by atoms with Gasteiger partial charge in [-0.2, -0.15) is 0 Å². The Hall–Kier alpha value is -2.74. The van der Waals surface area contributed by atoms with Crippen molar-refractivity contribution in [2.45, 2.75) is 39.7 Å². The van der Waals surface area contributed by atoms with E-state index in [1.165, 1.54) is 4.31 Å². The Morgan fingerprint density at radius 1 is 1.06 bits per heavy atom. The molecule has 2 aromatic carbocycles. The third-order valence-electron chi connectivity index (χ3n) is 4.59. The van der Waals surface area contributed by atoms with E-state index in [0.29, 0.717) is 31.1 Å². The van der Waals surface area contributed by atoms with Crippen LogP contribution in [0.5, 0.6) is 11.5 Å². The molecule has 31 heavy (non-hydrogen) atoms. The van der Waals surface area contributed by atoms with Crippen LogP contribution < -0.4 is 19.1 Å². The Morgan fingerprint density at radius 2 is 1.71 bits per heavy atom. The molecule has 170 valence electrons. The molecule has 0 aliphatic rings. The molecule has 2 aromatic rings. The van der Waals surface area contributed by atoms with Crippen molar-refractivity contribution in [1.29, 1.82) is 0 Å². The van der Waals surface area contributed by atoms with Gasteiger partial charge in [0.1, 0.15) is 18.1 Å². The summed E-state index contributed by atoms with van der Waals surface area (Å²) in [5.41, 5.74) is 1.52. The molecule has 0 saturated carbocycles. The van der Waals surface area contributed by atoms with Crippen LogP contribution in [-0.2, 0) is 14.8 Å². The molecule has 1 atom stereocenters. The molecule has 0 saturated heterocycles. The molecule has 0 radical (unpaired) electrons. The number of carbonyl (C=O) groups is 1. The smallest absolute Gasteiger partial charge is 0.232 e. The Balaban J connectivity index is 1.88. The van der Waals surface area contributed by atoms with E-state index in [4.69, 9.17) is 9.47 Å². The molecule has 2 rings (SSSR count). The number of hydrogen-bond donors (Lipinski definition) is 1. The molecule has 0 bridgehead atoms. The standard InChI is InChI=1S/C23H32N2O5S/c1-5-29-22-14-9-7-12-20(22)25(31(4,27)28)16-10-15-23(26)24-19(3)17-30-21-13-8-6-11-18(21)2/h6-9,11-14,19H,5,10,15-17H2,1-4H3,(H,24,26). The minimum atomic E-state index is -3.52. The molecule has 0 aromatic heterocycles. The van der Waals surface area contributed by atoms with Gasteiger partial charge in [0, 0.05) is 13.0 Å². The maximum Gasteiger partial charge on any atom is 0.232 e. The monoisotopic (exact) mass is 448 g/mol. The van der Waals surface area contributed by atoms with Gasteiger partial charge in [-0.05, 0) is 51.0 Å². The van der Waals surface area contributed by atoms with Crippen LogP contribution in [0.25, 0.3) is 0 Å². The number of amides is 1. The predicted octanol–water partition coefficient (Wildman–Crippen LogP) is 3.52. The Morgan fingerprint density at radius 3 is 2.35 bits per heavy atom. The molecule has 1 N–H and O–H groups in total. The van der Waals surface area contributed by atoms with E-state index in [0.717, 1.165) is 17.6 Å². The molecule has 7 nitrogen and oxygen atoms in total. The largest absolute Gasteiger partial charge is 0.492 e. The number of nitrogens with zero attached hydrogens (tertiary/aromatic N) is 1. The van der Waals surface area contributed by atoms with Gasteiger partial charge in [0.05, 0.1) is 24.6 Å². The molecular formula is C23H32N2O5S. The number of ether oxygens (including phenoxy) is 2. The number of carbonyl (C=O) groups excluding carboxylic acids is 1. The minimum Gasteiger partial charge on any atom is -0.492 e. The number of anilines is 1. The Labute approximate surface area is 185 Å². The number of nitrogens with one attached hydrogen (secondary N) is 1. The van der Waals surface area contributed by atoms with Crippen molar-refractivity contribution in [3.63, 3.8) is 0 Å². The zero-order valence-corrected chi connectivity index (χ0v) is 19.4. The van der Waals surface area contributed by atoms with Gasteiger partial charge in [-0.3, -0.25) is 9.10 Å². The van der Waals surface area contributed by atoms with E-state index >= 15 is 0 Å². The summed E-state index contributed by atoms with van der Waals surface area (Å²) in [4.78, 5) is 12.3. The maximum atomic E-state index is 12.3. The fourth-order valence-corrected chi connectivity index (χ4v) is 4.08. The summed E-state index contributed by atoms with van der Waals surface area (Å²) in [5, 5.41) is 2.90. The first kappa shape index (κ1) is 24.5. The van der Waals surface area contributed by atoms with Crippen LogP contribution in [0.1, 0.15) is 32.3 Å². The lowest BCUT2D eigenvalue weighted by molar-refractivity contribution is -0.121. The highest BCUT2D eigenvalue weighted by Gasteiger charge is 2.21. The maximum absolute atomic E-state index is 12.3. The van der Waals surface area contributed by atoms with E-state index in [-0.39, 0.29) is 24.9 Å². The number of benzene rings is 2. The van der Waals surface area contributed by atoms with E-state index in [1.807, 2.05) is 45.0 Å². The summed E-state index contributed by atoms with van der Waals surface area (Å²) in [6.07, 6.45) is 1.74. The van der Waals surface area contributed by atoms with E-state index in [2.05, 4.69) is 5.32 Å². The number of aryl methyl sites for hydroxylation is 1. The van der Waals surface area contributed by atoms with Crippen LogP contribution in [0, 0.1) is 6.92 Å². The van der Waals surface area contributed by atoms with E-state index in [1.54, 1.807) is 24.3 Å². The average Bonchev–Trinajstić information content (AvgIpc) is 2.71. The molecule has 8 heteroatoms. The Bertz CT molecular complexity index is 962. The molecular weight excluding hydrogens is 416 g/mol. The fraction of sp³-hybridized carbons (Fsp3) is 0.435. The SMILES string of the molecule is CCOc1ccccc1N(CCCC(=O)NC(C)COc1ccccc1C)S(C)(=O)=O. The second kappa shape index (κ2) is 11.6. The molecule has 1 amide bonds. The average molecular weight is 449 g/mol. The van der Waals surface area contributed by atoms with Gasteiger partial charge in [0.2, 0.25) is 15.9 Å². The van der Waals surface area contributed by atoms with Crippen molar-refractivity contribution in [3.8, 4) is 11.5 Å². The predicted molar refractivity (Wildman–Crippen MR) is 123 cm³/mol. The topological polar surface area (TPSA) is 84.9 Å². The van der Waals surface area contributed by atoms with Crippen LogP contribution in [0.4, 0.5) is 5.69 Å². The van der Waals surface area contributed by atoms with E-state index in [9.17, 15) is 13.2 Å². The number of hydrogen-bond acceptors (Lipinski definition) is 5. The molecule has 1 unspecified atom stereocenters. The van der Waals surface area contributed by atoms with Crippen LogP contribution >= 0.6 is 0 Å². The van der Waals surface area contributed by atoms with Gasteiger partial charge in [-0.25, -0.2) is 8.42 Å². The third-order valence-corrected chi connectivity index (χ3v) is 5.77. The van der Waals surface area contributed by atoms with Crippen molar-refractivity contribution in [2.24, 2.45) is 0 Å². The first-order valence-corrected chi connectivity index (χ1v) is 12.2. The van der Waals surface area contributed by atoms with Gasteiger partial charge in [0.25, 0.3) is 0 Å². The van der Waals surface area contributed by atoms with Crippen molar-refractivity contribution in [2.75, 3.05) is 30.3 Å². The van der Waals surface area contributed by atoms with Gasteiger partial charge in [-0.1, -0.05) is 30.3 Å².